The van der Waals surface area contributed by atoms with Gasteiger partial charge < -0.3 is 9.64 Å². The highest BCUT2D eigenvalue weighted by Gasteiger charge is 2.38. The van der Waals surface area contributed by atoms with Crippen molar-refractivity contribution >= 4 is 5.91 Å². The summed E-state index contributed by atoms with van der Waals surface area (Å²) in [5.41, 5.74) is 1.21. The molecule has 1 amide bonds. The maximum absolute atomic E-state index is 14.0. The minimum atomic E-state index is -0.583. The normalized spacial score (nSPS) is 20.3. The van der Waals surface area contributed by atoms with E-state index >= 15 is 0 Å². The minimum absolute atomic E-state index is 0.0240. The molecule has 4 nitrogen and oxygen atoms in total. The summed E-state index contributed by atoms with van der Waals surface area (Å²) in [4.78, 5) is 18.3. The fraction of sp³-hybridized carbons (Fsp3) is 0.368. The molecule has 24 heavy (non-hydrogen) atoms. The first-order chi connectivity index (χ1) is 11.7. The van der Waals surface area contributed by atoms with Crippen molar-refractivity contribution in [3.8, 4) is 0 Å². The predicted octanol–water partition coefficient (Wildman–Crippen LogP) is 3.08. The van der Waals surface area contributed by atoms with E-state index in [1.807, 2.05) is 37.3 Å². The second-order valence-corrected chi connectivity index (χ2v) is 5.89. The molecule has 0 saturated carbocycles. The van der Waals surface area contributed by atoms with Crippen LogP contribution in [0.5, 0.6) is 0 Å². The highest BCUT2D eigenvalue weighted by atomic mass is 19.1. The number of amides is 1. The molecule has 126 valence electrons. The van der Waals surface area contributed by atoms with Gasteiger partial charge >= 0.3 is 0 Å². The lowest BCUT2D eigenvalue weighted by Gasteiger charge is -2.28. The summed E-state index contributed by atoms with van der Waals surface area (Å²) in [7, 11) is 0. The molecule has 2 heterocycles. The number of hydrogen-bond acceptors (Lipinski definition) is 3. The topological polar surface area (TPSA) is 42.4 Å². The van der Waals surface area contributed by atoms with E-state index in [2.05, 4.69) is 4.98 Å². The van der Waals surface area contributed by atoms with Crippen LogP contribution in [0.3, 0.4) is 0 Å². The standard InChI is InChI=1S/C19H21FN2O2/c1-2-24-18-9-11-22(17(18)12-14-6-4-3-5-7-14)19(23)15-8-10-21-13-16(15)20/h3-8,10,13,17-18H,2,9,11-12H2,1H3/t17-,18-/m1/s1. The highest BCUT2D eigenvalue weighted by molar-refractivity contribution is 5.94. The summed E-state index contributed by atoms with van der Waals surface area (Å²) in [5, 5.41) is 0. The number of ether oxygens (including phenoxy) is 1. The van der Waals surface area contributed by atoms with Crippen molar-refractivity contribution in [1.29, 1.82) is 0 Å². The third kappa shape index (κ3) is 3.46. The summed E-state index contributed by atoms with van der Waals surface area (Å²) >= 11 is 0. The molecule has 0 aliphatic carbocycles. The molecule has 0 unspecified atom stereocenters. The number of rotatable bonds is 5. The molecule has 1 aromatic carbocycles. The lowest BCUT2D eigenvalue weighted by Crippen LogP contribution is -2.42. The van der Waals surface area contributed by atoms with Crippen molar-refractivity contribution < 1.29 is 13.9 Å². The Morgan fingerprint density at radius 1 is 1.33 bits per heavy atom. The maximum Gasteiger partial charge on any atom is 0.257 e. The molecular weight excluding hydrogens is 307 g/mol. The Hall–Kier alpha value is -2.27. The molecule has 2 aromatic rings. The molecule has 1 aromatic heterocycles. The zero-order valence-electron chi connectivity index (χ0n) is 13.7. The van der Waals surface area contributed by atoms with Gasteiger partial charge in [-0.2, -0.15) is 0 Å². The van der Waals surface area contributed by atoms with Gasteiger partial charge in [0.15, 0.2) is 5.82 Å². The number of likely N-dealkylation sites (tertiary alicyclic amines) is 1. The molecule has 0 N–H and O–H groups in total. The van der Waals surface area contributed by atoms with E-state index in [1.165, 1.54) is 12.3 Å². The van der Waals surface area contributed by atoms with Crippen LogP contribution in [0, 0.1) is 5.82 Å². The van der Waals surface area contributed by atoms with Gasteiger partial charge in [0, 0.05) is 19.3 Å². The van der Waals surface area contributed by atoms with Crippen LogP contribution in [-0.2, 0) is 11.2 Å². The lowest BCUT2D eigenvalue weighted by molar-refractivity contribution is 0.0310. The fourth-order valence-corrected chi connectivity index (χ4v) is 3.29. The lowest BCUT2D eigenvalue weighted by atomic mass is 10.0. The number of benzene rings is 1. The Kier molecular flexibility index (Phi) is 5.20. The zero-order chi connectivity index (χ0) is 16.9. The predicted molar refractivity (Wildman–Crippen MR) is 89.2 cm³/mol. The van der Waals surface area contributed by atoms with Crippen LogP contribution in [0.2, 0.25) is 0 Å². The van der Waals surface area contributed by atoms with Gasteiger partial charge in [-0.1, -0.05) is 30.3 Å². The van der Waals surface area contributed by atoms with Crippen LogP contribution in [-0.4, -0.2) is 41.1 Å². The molecule has 2 atom stereocenters. The van der Waals surface area contributed by atoms with E-state index in [0.717, 1.165) is 18.2 Å². The number of pyridine rings is 1. The maximum atomic E-state index is 14.0. The molecule has 3 rings (SSSR count). The van der Waals surface area contributed by atoms with E-state index in [1.54, 1.807) is 4.90 Å². The average molecular weight is 328 g/mol. The van der Waals surface area contributed by atoms with E-state index in [4.69, 9.17) is 4.74 Å². The van der Waals surface area contributed by atoms with Crippen LogP contribution in [0.25, 0.3) is 0 Å². The second-order valence-electron chi connectivity index (χ2n) is 5.89. The number of nitrogens with zero attached hydrogens (tertiary/aromatic N) is 2. The van der Waals surface area contributed by atoms with E-state index < -0.39 is 5.82 Å². The molecule has 5 heteroatoms. The summed E-state index contributed by atoms with van der Waals surface area (Å²) in [6, 6.07) is 11.4. The van der Waals surface area contributed by atoms with Gasteiger partial charge in [-0.15, -0.1) is 0 Å². The van der Waals surface area contributed by atoms with Crippen LogP contribution < -0.4 is 0 Å². The molecule has 0 radical (unpaired) electrons. The Bertz CT molecular complexity index is 693. The van der Waals surface area contributed by atoms with Crippen molar-refractivity contribution in [2.75, 3.05) is 13.2 Å². The third-order valence-corrected chi connectivity index (χ3v) is 4.42. The summed E-state index contributed by atoms with van der Waals surface area (Å²) < 4.78 is 19.8. The first kappa shape index (κ1) is 16.6. The molecule has 1 fully saturated rings. The van der Waals surface area contributed by atoms with Gasteiger partial charge in [-0.3, -0.25) is 9.78 Å². The first-order valence-corrected chi connectivity index (χ1v) is 8.26. The average Bonchev–Trinajstić information content (AvgIpc) is 2.99. The van der Waals surface area contributed by atoms with Crippen LogP contribution in [0.1, 0.15) is 29.3 Å². The monoisotopic (exact) mass is 328 g/mol. The van der Waals surface area contributed by atoms with Crippen LogP contribution in [0.15, 0.2) is 48.8 Å². The molecule has 0 spiro atoms. The van der Waals surface area contributed by atoms with Crippen molar-refractivity contribution in [3.63, 3.8) is 0 Å². The number of carbonyl (C=O) groups is 1. The van der Waals surface area contributed by atoms with Crippen LogP contribution >= 0.6 is 0 Å². The minimum Gasteiger partial charge on any atom is -0.376 e. The number of aromatic nitrogens is 1. The van der Waals surface area contributed by atoms with Crippen molar-refractivity contribution in [3.05, 3.63) is 65.7 Å². The van der Waals surface area contributed by atoms with Crippen molar-refractivity contribution in [2.24, 2.45) is 0 Å². The van der Waals surface area contributed by atoms with Gasteiger partial charge in [0.2, 0.25) is 0 Å². The second kappa shape index (κ2) is 7.53. The van der Waals surface area contributed by atoms with E-state index in [0.29, 0.717) is 19.6 Å². The largest absolute Gasteiger partial charge is 0.376 e. The van der Waals surface area contributed by atoms with E-state index in [9.17, 15) is 9.18 Å². The zero-order valence-corrected chi connectivity index (χ0v) is 13.7. The summed E-state index contributed by atoms with van der Waals surface area (Å²) in [5.74, 6) is -0.876. The molecule has 1 saturated heterocycles. The quantitative estimate of drug-likeness (QED) is 0.847. The highest BCUT2D eigenvalue weighted by Crippen LogP contribution is 2.26. The van der Waals surface area contributed by atoms with E-state index in [-0.39, 0.29) is 23.6 Å². The third-order valence-electron chi connectivity index (χ3n) is 4.42. The van der Waals surface area contributed by atoms with Crippen molar-refractivity contribution in [2.45, 2.75) is 31.9 Å². The number of carbonyl (C=O) groups excluding carboxylic acids is 1. The van der Waals surface area contributed by atoms with Crippen LogP contribution in [0.4, 0.5) is 4.39 Å². The Morgan fingerprint density at radius 3 is 2.83 bits per heavy atom. The first-order valence-electron chi connectivity index (χ1n) is 8.26. The fourth-order valence-electron chi connectivity index (χ4n) is 3.29. The van der Waals surface area contributed by atoms with Gasteiger partial charge in [0.25, 0.3) is 5.91 Å². The Morgan fingerprint density at radius 2 is 2.12 bits per heavy atom. The SMILES string of the molecule is CCO[C@@H]1CCN(C(=O)c2ccncc2F)[C@@H]1Cc1ccccc1. The number of hydrogen-bond donors (Lipinski definition) is 0. The molecular formula is C19H21FN2O2. The van der Waals surface area contributed by atoms with Gasteiger partial charge in [0.05, 0.1) is 23.9 Å². The Balaban J connectivity index is 1.85. The van der Waals surface area contributed by atoms with Gasteiger partial charge in [-0.05, 0) is 31.4 Å². The summed E-state index contributed by atoms with van der Waals surface area (Å²) in [6.07, 6.45) is 3.96. The number of halogens is 1. The van der Waals surface area contributed by atoms with Gasteiger partial charge in [0.1, 0.15) is 0 Å². The summed E-state index contributed by atoms with van der Waals surface area (Å²) in [6.45, 7) is 3.12. The Labute approximate surface area is 141 Å². The van der Waals surface area contributed by atoms with Gasteiger partial charge in [-0.25, -0.2) is 4.39 Å². The smallest absolute Gasteiger partial charge is 0.257 e. The molecule has 1 aliphatic heterocycles. The molecule has 0 bridgehead atoms. The molecule has 1 aliphatic rings. The van der Waals surface area contributed by atoms with Crippen molar-refractivity contribution in [1.82, 2.24) is 9.88 Å².